The van der Waals surface area contributed by atoms with Gasteiger partial charge in [-0.15, -0.1) is 24.0 Å². The zero-order chi connectivity index (χ0) is 21.0. The molecule has 0 radical (unpaired) electrons. The van der Waals surface area contributed by atoms with Crippen molar-refractivity contribution in [2.75, 3.05) is 19.6 Å². The van der Waals surface area contributed by atoms with Crippen molar-refractivity contribution in [3.8, 4) is 0 Å². The second kappa shape index (κ2) is 10.5. The Morgan fingerprint density at radius 1 is 1.16 bits per heavy atom. The highest BCUT2D eigenvalue weighted by Crippen LogP contribution is 2.36. The lowest BCUT2D eigenvalue weighted by atomic mass is 9.96. The van der Waals surface area contributed by atoms with Crippen molar-refractivity contribution in [1.29, 1.82) is 0 Å². The standard InChI is InChI=1S/C24H31N5O.HI/c1-3-25-23(27-17-24(30)14-13-19-9-4-5-10-20(19)24)26-15-8-16-29-18(2)28-21-11-6-7-12-22(21)29;/h4-7,9-12,30H,3,8,13-17H2,1-2H3,(H2,25,26,27);1H. The van der Waals surface area contributed by atoms with Gasteiger partial charge in [-0.25, -0.2) is 9.98 Å². The average molecular weight is 533 g/mol. The molecule has 0 saturated carbocycles. The summed E-state index contributed by atoms with van der Waals surface area (Å²) in [6, 6.07) is 16.4. The first-order chi connectivity index (χ1) is 14.6. The van der Waals surface area contributed by atoms with Crippen molar-refractivity contribution >= 4 is 41.0 Å². The number of aliphatic imine (C=N–C) groups is 1. The van der Waals surface area contributed by atoms with Crippen LogP contribution in [0.15, 0.2) is 53.5 Å². The molecule has 1 aliphatic carbocycles. The summed E-state index contributed by atoms with van der Waals surface area (Å²) in [6.45, 7) is 6.95. The van der Waals surface area contributed by atoms with Crippen molar-refractivity contribution in [1.82, 2.24) is 20.2 Å². The third kappa shape index (κ3) is 5.20. The van der Waals surface area contributed by atoms with Crippen molar-refractivity contribution in [2.24, 2.45) is 4.99 Å². The molecule has 31 heavy (non-hydrogen) atoms. The molecule has 0 spiro atoms. The number of nitrogens with zero attached hydrogens (tertiary/aromatic N) is 3. The Kier molecular flexibility index (Phi) is 7.94. The van der Waals surface area contributed by atoms with Crippen molar-refractivity contribution < 1.29 is 5.11 Å². The van der Waals surface area contributed by atoms with Crippen molar-refractivity contribution in [3.63, 3.8) is 0 Å². The number of halogens is 1. The summed E-state index contributed by atoms with van der Waals surface area (Å²) in [6.07, 6.45) is 2.59. The van der Waals surface area contributed by atoms with E-state index in [-0.39, 0.29) is 24.0 Å². The average Bonchev–Trinajstić information content (AvgIpc) is 3.26. The zero-order valence-electron chi connectivity index (χ0n) is 18.3. The molecule has 166 valence electrons. The van der Waals surface area contributed by atoms with Crippen molar-refractivity contribution in [3.05, 3.63) is 65.5 Å². The van der Waals surface area contributed by atoms with E-state index in [1.807, 2.05) is 24.3 Å². The molecule has 4 rings (SSSR count). The molecule has 2 aromatic carbocycles. The van der Waals surface area contributed by atoms with Crippen LogP contribution in [-0.2, 0) is 18.6 Å². The third-order valence-electron chi connectivity index (χ3n) is 5.87. The molecule has 0 fully saturated rings. The molecule has 6 nitrogen and oxygen atoms in total. The van der Waals surface area contributed by atoms with Crippen molar-refractivity contribution in [2.45, 2.75) is 45.3 Å². The Labute approximate surface area is 201 Å². The Morgan fingerprint density at radius 3 is 2.77 bits per heavy atom. The molecule has 0 amide bonds. The summed E-state index contributed by atoms with van der Waals surface area (Å²) in [5, 5.41) is 17.8. The van der Waals surface area contributed by atoms with Gasteiger partial charge in [0.25, 0.3) is 0 Å². The Hall–Kier alpha value is -2.13. The Bertz CT molecular complexity index is 1050. The maximum Gasteiger partial charge on any atom is 0.191 e. The number of nitrogens with one attached hydrogen (secondary N) is 2. The fourth-order valence-electron chi connectivity index (χ4n) is 4.31. The van der Waals surface area contributed by atoms with Gasteiger partial charge in [-0.05, 0) is 56.4 Å². The minimum Gasteiger partial charge on any atom is -0.383 e. The summed E-state index contributed by atoms with van der Waals surface area (Å²) in [5.74, 6) is 1.79. The summed E-state index contributed by atoms with van der Waals surface area (Å²) >= 11 is 0. The van der Waals surface area contributed by atoms with E-state index < -0.39 is 5.60 Å². The van der Waals surface area contributed by atoms with E-state index in [2.05, 4.69) is 58.3 Å². The maximum atomic E-state index is 11.1. The number of aliphatic hydroxyl groups is 1. The highest BCUT2D eigenvalue weighted by atomic mass is 127. The second-order valence-corrected chi connectivity index (χ2v) is 7.96. The van der Waals surface area contributed by atoms with Gasteiger partial charge in [-0.3, -0.25) is 0 Å². The van der Waals surface area contributed by atoms with Gasteiger partial charge in [-0.1, -0.05) is 36.4 Å². The van der Waals surface area contributed by atoms with Gasteiger partial charge in [0.05, 0.1) is 17.6 Å². The summed E-state index contributed by atoms with van der Waals surface area (Å²) < 4.78 is 2.26. The summed E-state index contributed by atoms with van der Waals surface area (Å²) in [7, 11) is 0. The molecule has 1 atom stereocenters. The monoisotopic (exact) mass is 533 g/mol. The minimum absolute atomic E-state index is 0. The lowest BCUT2D eigenvalue weighted by Crippen LogP contribution is -2.39. The molecule has 0 bridgehead atoms. The number of guanidine groups is 1. The van der Waals surface area contributed by atoms with Crippen LogP contribution in [0.25, 0.3) is 11.0 Å². The van der Waals surface area contributed by atoms with E-state index in [1.54, 1.807) is 0 Å². The first kappa shape index (κ1) is 23.5. The fraction of sp³-hybridized carbons (Fsp3) is 0.417. The third-order valence-corrected chi connectivity index (χ3v) is 5.87. The molecular weight excluding hydrogens is 501 g/mol. The van der Waals surface area contributed by atoms with Crippen LogP contribution in [0.5, 0.6) is 0 Å². The smallest absolute Gasteiger partial charge is 0.191 e. The second-order valence-electron chi connectivity index (χ2n) is 7.96. The summed E-state index contributed by atoms with van der Waals surface area (Å²) in [5.41, 5.74) is 3.61. The quantitative estimate of drug-likeness (QED) is 0.187. The lowest BCUT2D eigenvalue weighted by molar-refractivity contribution is 0.0485. The van der Waals surface area contributed by atoms with Crippen LogP contribution in [-0.4, -0.2) is 40.3 Å². The molecule has 3 aromatic rings. The van der Waals surface area contributed by atoms with Crippen LogP contribution in [0.1, 0.15) is 36.7 Å². The number of hydrogen-bond donors (Lipinski definition) is 3. The van der Waals surface area contributed by atoms with Crippen LogP contribution >= 0.6 is 24.0 Å². The largest absolute Gasteiger partial charge is 0.383 e. The van der Waals surface area contributed by atoms with E-state index in [9.17, 15) is 5.11 Å². The molecule has 1 heterocycles. The number of aromatic nitrogens is 2. The molecule has 1 aliphatic rings. The molecule has 3 N–H and O–H groups in total. The number of hydrogen-bond acceptors (Lipinski definition) is 3. The Balaban J connectivity index is 0.00000272. The van der Waals surface area contributed by atoms with E-state index in [4.69, 9.17) is 4.99 Å². The minimum atomic E-state index is -0.869. The van der Waals surface area contributed by atoms with Gasteiger partial charge in [0.2, 0.25) is 0 Å². The van der Waals surface area contributed by atoms with Gasteiger partial charge in [0.15, 0.2) is 5.96 Å². The van der Waals surface area contributed by atoms with Gasteiger partial charge < -0.3 is 20.3 Å². The normalized spacial score (nSPS) is 18.0. The van der Waals surface area contributed by atoms with E-state index in [0.29, 0.717) is 6.54 Å². The van der Waals surface area contributed by atoms with Crippen LogP contribution in [0.3, 0.4) is 0 Å². The zero-order valence-corrected chi connectivity index (χ0v) is 20.6. The van der Waals surface area contributed by atoms with Gasteiger partial charge in [0, 0.05) is 19.6 Å². The van der Waals surface area contributed by atoms with Crippen LogP contribution in [0.2, 0.25) is 0 Å². The summed E-state index contributed by atoms with van der Waals surface area (Å²) in [4.78, 5) is 9.33. The number of rotatable bonds is 7. The molecule has 1 unspecified atom stereocenters. The topological polar surface area (TPSA) is 74.5 Å². The van der Waals surface area contributed by atoms with Crippen LogP contribution in [0.4, 0.5) is 0 Å². The number of fused-ring (bicyclic) bond motifs is 2. The van der Waals surface area contributed by atoms with E-state index in [0.717, 1.165) is 61.8 Å². The molecule has 0 saturated heterocycles. The number of para-hydroxylation sites is 2. The molecule has 7 heteroatoms. The van der Waals surface area contributed by atoms with Gasteiger partial charge in [-0.2, -0.15) is 0 Å². The predicted molar refractivity (Wildman–Crippen MR) is 137 cm³/mol. The Morgan fingerprint density at radius 2 is 1.94 bits per heavy atom. The molecule has 1 aromatic heterocycles. The SMILES string of the molecule is CCNC(=NCC1(O)CCc2ccccc21)NCCCn1c(C)nc2ccccc21.I. The van der Waals surface area contributed by atoms with Gasteiger partial charge >= 0.3 is 0 Å². The first-order valence-corrected chi connectivity index (χ1v) is 10.9. The molecule has 0 aliphatic heterocycles. The highest BCUT2D eigenvalue weighted by Gasteiger charge is 2.36. The molecular formula is C24H32IN5O. The van der Waals surface area contributed by atoms with E-state index >= 15 is 0 Å². The number of benzene rings is 2. The van der Waals surface area contributed by atoms with Gasteiger partial charge in [0.1, 0.15) is 11.4 Å². The fourth-order valence-corrected chi connectivity index (χ4v) is 4.31. The number of imidazole rings is 1. The highest BCUT2D eigenvalue weighted by molar-refractivity contribution is 14.0. The predicted octanol–water partition coefficient (Wildman–Crippen LogP) is 3.74. The van der Waals surface area contributed by atoms with Crippen LogP contribution < -0.4 is 10.6 Å². The maximum absolute atomic E-state index is 11.1. The number of aryl methyl sites for hydroxylation is 3. The van der Waals surface area contributed by atoms with E-state index in [1.165, 1.54) is 11.1 Å². The first-order valence-electron chi connectivity index (χ1n) is 10.9. The lowest BCUT2D eigenvalue weighted by Gasteiger charge is -2.22. The van der Waals surface area contributed by atoms with Crippen LogP contribution in [0, 0.1) is 6.92 Å².